The van der Waals surface area contributed by atoms with Gasteiger partial charge in [0.25, 0.3) is 10.0 Å². The van der Waals surface area contributed by atoms with Crippen LogP contribution in [-0.4, -0.2) is 50.7 Å². The van der Waals surface area contributed by atoms with Crippen LogP contribution in [0.2, 0.25) is 0 Å². The third kappa shape index (κ3) is 6.78. The molecule has 4 rings (SSSR count). The number of carbonyl (C=O) groups is 1. The molecule has 0 atom stereocenters. The van der Waals surface area contributed by atoms with Gasteiger partial charge in [0, 0.05) is 31.2 Å². The lowest BCUT2D eigenvalue weighted by molar-refractivity contribution is -0.117. The molecule has 0 spiro atoms. The van der Waals surface area contributed by atoms with Gasteiger partial charge in [0.1, 0.15) is 5.84 Å². The molecule has 1 aromatic carbocycles. The first-order valence-corrected chi connectivity index (χ1v) is 13.7. The van der Waals surface area contributed by atoms with E-state index in [9.17, 15) is 13.2 Å². The number of aliphatic imine (C=N–C) groups is 1. The molecule has 0 aromatic heterocycles. The van der Waals surface area contributed by atoms with Crippen molar-refractivity contribution < 1.29 is 13.2 Å². The summed E-state index contributed by atoms with van der Waals surface area (Å²) in [6, 6.07) is 7.01. The molecule has 0 saturated heterocycles. The molecule has 0 radical (unpaired) electrons. The van der Waals surface area contributed by atoms with Crippen LogP contribution in [0.15, 0.2) is 34.2 Å². The summed E-state index contributed by atoms with van der Waals surface area (Å²) < 4.78 is 28.3. The number of benzene rings is 1. The van der Waals surface area contributed by atoms with Gasteiger partial charge in [0.2, 0.25) is 5.91 Å². The minimum Gasteiger partial charge on any atom is -0.325 e. The second-order valence-electron chi connectivity index (χ2n) is 9.49. The van der Waals surface area contributed by atoms with E-state index in [4.69, 9.17) is 0 Å². The van der Waals surface area contributed by atoms with E-state index < -0.39 is 10.0 Å². The van der Waals surface area contributed by atoms with Crippen molar-refractivity contribution in [2.45, 2.75) is 81.6 Å². The average Bonchev–Trinajstić information content (AvgIpc) is 3.62. The standard InChI is InChI=1S/C24H36N4O3S/c29-24(18-28(21-13-14-21)17-19-8-3-1-4-9-19)26-20-10-7-11-22(16-20)32(30,31)27-23-12-5-2-6-15-25-23/h7,10-11,16,19,21H,1-6,8-9,12-15,17-18H2,(H,25,27)(H,26,29). The van der Waals surface area contributed by atoms with Crippen molar-refractivity contribution in [3.8, 4) is 0 Å². The van der Waals surface area contributed by atoms with Crippen molar-refractivity contribution in [3.63, 3.8) is 0 Å². The van der Waals surface area contributed by atoms with Gasteiger partial charge in [-0.1, -0.05) is 31.7 Å². The quantitative estimate of drug-likeness (QED) is 0.615. The first-order chi connectivity index (χ1) is 15.5. The maximum Gasteiger partial charge on any atom is 0.262 e. The normalized spacial score (nSPS) is 20.5. The number of carbonyl (C=O) groups excluding carboxylic acids is 1. The Morgan fingerprint density at radius 1 is 1.03 bits per heavy atom. The van der Waals surface area contributed by atoms with Crippen LogP contribution >= 0.6 is 0 Å². The van der Waals surface area contributed by atoms with Gasteiger partial charge in [-0.25, -0.2) is 8.42 Å². The Hall–Kier alpha value is -1.93. The maximum atomic E-state index is 12.8. The van der Waals surface area contributed by atoms with E-state index in [0.717, 1.165) is 25.8 Å². The highest BCUT2D eigenvalue weighted by Crippen LogP contribution is 2.31. The molecule has 2 aliphatic carbocycles. The molecule has 0 unspecified atom stereocenters. The van der Waals surface area contributed by atoms with Crippen LogP contribution in [0.4, 0.5) is 5.69 Å². The smallest absolute Gasteiger partial charge is 0.262 e. The Morgan fingerprint density at radius 3 is 2.59 bits per heavy atom. The Morgan fingerprint density at radius 2 is 1.81 bits per heavy atom. The highest BCUT2D eigenvalue weighted by molar-refractivity contribution is 7.90. The lowest BCUT2D eigenvalue weighted by Crippen LogP contribution is -2.38. The monoisotopic (exact) mass is 460 g/mol. The fourth-order valence-electron chi connectivity index (χ4n) is 4.78. The van der Waals surface area contributed by atoms with Gasteiger partial charge in [-0.15, -0.1) is 0 Å². The summed E-state index contributed by atoms with van der Waals surface area (Å²) in [6.07, 6.45) is 12.5. The molecule has 1 amide bonds. The predicted octanol–water partition coefficient (Wildman–Crippen LogP) is 3.92. The summed E-state index contributed by atoms with van der Waals surface area (Å²) in [5.74, 6) is 1.15. The van der Waals surface area contributed by atoms with Crippen LogP contribution in [-0.2, 0) is 14.8 Å². The average molecular weight is 461 g/mol. The number of amides is 1. The van der Waals surface area contributed by atoms with E-state index in [1.54, 1.807) is 18.2 Å². The molecule has 176 valence electrons. The van der Waals surface area contributed by atoms with Gasteiger partial charge in [0.05, 0.1) is 11.4 Å². The van der Waals surface area contributed by atoms with Crippen LogP contribution in [0.1, 0.15) is 70.6 Å². The van der Waals surface area contributed by atoms with E-state index in [1.807, 2.05) is 0 Å². The topological polar surface area (TPSA) is 90.9 Å². The summed E-state index contributed by atoms with van der Waals surface area (Å²) in [4.78, 5) is 19.6. The molecule has 2 fully saturated rings. The molecule has 1 aromatic rings. The molecule has 0 bridgehead atoms. The first kappa shape index (κ1) is 23.2. The van der Waals surface area contributed by atoms with Gasteiger partial charge in [-0.3, -0.25) is 19.4 Å². The minimum absolute atomic E-state index is 0.0802. The Balaban J connectivity index is 1.36. The van der Waals surface area contributed by atoms with Crippen molar-refractivity contribution >= 4 is 27.5 Å². The van der Waals surface area contributed by atoms with Crippen LogP contribution < -0.4 is 10.0 Å². The molecule has 7 nitrogen and oxygen atoms in total. The number of hydrogen-bond donors (Lipinski definition) is 2. The highest BCUT2D eigenvalue weighted by atomic mass is 32.2. The van der Waals surface area contributed by atoms with E-state index in [-0.39, 0.29) is 10.8 Å². The minimum atomic E-state index is -3.72. The van der Waals surface area contributed by atoms with Crippen molar-refractivity contribution in [3.05, 3.63) is 24.3 Å². The number of anilines is 1. The number of sulfonamides is 1. The van der Waals surface area contributed by atoms with Crippen molar-refractivity contribution in [2.24, 2.45) is 10.9 Å². The van der Waals surface area contributed by atoms with E-state index in [2.05, 4.69) is 19.9 Å². The fraction of sp³-hybridized carbons (Fsp3) is 0.667. The second kappa shape index (κ2) is 10.8. The Labute approximate surface area is 192 Å². The Kier molecular flexibility index (Phi) is 7.84. The van der Waals surface area contributed by atoms with Crippen molar-refractivity contribution in [2.75, 3.05) is 25.0 Å². The number of nitrogens with one attached hydrogen (secondary N) is 2. The molecule has 1 heterocycles. The molecule has 1 aliphatic heterocycles. The van der Waals surface area contributed by atoms with Gasteiger partial charge in [-0.2, -0.15) is 0 Å². The van der Waals surface area contributed by atoms with Crippen LogP contribution in [0.25, 0.3) is 0 Å². The number of rotatable bonds is 8. The maximum absolute atomic E-state index is 12.8. The SMILES string of the molecule is O=C(CN(CC1CCCCC1)C1CC1)Nc1cccc(S(=O)(=O)NC2=NCCCCC2)c1. The lowest BCUT2D eigenvalue weighted by atomic mass is 9.89. The zero-order chi connectivity index (χ0) is 22.4. The van der Waals surface area contributed by atoms with E-state index >= 15 is 0 Å². The molecule has 8 heteroatoms. The Bertz CT molecular complexity index is 921. The number of amidine groups is 1. The van der Waals surface area contributed by atoms with Gasteiger partial charge in [0.15, 0.2) is 0 Å². The third-order valence-electron chi connectivity index (χ3n) is 6.68. The van der Waals surface area contributed by atoms with Crippen LogP contribution in [0.3, 0.4) is 0 Å². The number of hydrogen-bond acceptors (Lipinski definition) is 5. The second-order valence-corrected chi connectivity index (χ2v) is 11.2. The summed E-state index contributed by atoms with van der Waals surface area (Å²) in [5.41, 5.74) is 0.508. The fourth-order valence-corrected chi connectivity index (χ4v) is 5.92. The first-order valence-electron chi connectivity index (χ1n) is 12.2. The van der Waals surface area contributed by atoms with Crippen LogP contribution in [0, 0.1) is 5.92 Å². The molecule has 2 saturated carbocycles. The predicted molar refractivity (Wildman–Crippen MR) is 127 cm³/mol. The summed E-state index contributed by atoms with van der Waals surface area (Å²) in [6.45, 7) is 2.03. The molecular formula is C24H36N4O3S. The summed E-state index contributed by atoms with van der Waals surface area (Å²) in [5, 5.41) is 2.92. The van der Waals surface area contributed by atoms with Crippen molar-refractivity contribution in [1.82, 2.24) is 9.62 Å². The zero-order valence-corrected chi connectivity index (χ0v) is 19.7. The van der Waals surface area contributed by atoms with Gasteiger partial charge < -0.3 is 5.32 Å². The molecule has 2 N–H and O–H groups in total. The van der Waals surface area contributed by atoms with Crippen molar-refractivity contribution in [1.29, 1.82) is 0 Å². The molecular weight excluding hydrogens is 424 g/mol. The third-order valence-corrected chi connectivity index (χ3v) is 8.06. The molecule has 3 aliphatic rings. The largest absolute Gasteiger partial charge is 0.325 e. The van der Waals surface area contributed by atoms with E-state index in [0.29, 0.717) is 43.0 Å². The van der Waals surface area contributed by atoms with Crippen LogP contribution in [0.5, 0.6) is 0 Å². The van der Waals surface area contributed by atoms with Gasteiger partial charge >= 0.3 is 0 Å². The zero-order valence-electron chi connectivity index (χ0n) is 18.9. The van der Waals surface area contributed by atoms with Gasteiger partial charge in [-0.05, 0) is 62.6 Å². The highest BCUT2D eigenvalue weighted by Gasteiger charge is 2.32. The molecule has 32 heavy (non-hydrogen) atoms. The summed E-state index contributed by atoms with van der Waals surface area (Å²) in [7, 11) is -3.72. The van der Waals surface area contributed by atoms with E-state index in [1.165, 1.54) is 51.0 Å². The number of nitrogens with zero attached hydrogens (tertiary/aromatic N) is 2. The summed E-state index contributed by atoms with van der Waals surface area (Å²) >= 11 is 0. The lowest BCUT2D eigenvalue weighted by Gasteiger charge is -2.29.